The number of nitriles is 1. The minimum atomic E-state index is -0.344. The first-order valence-electron chi connectivity index (χ1n) is 3.59. The fraction of sp³-hybridized carbons (Fsp3) is 0.857. The Kier molecular flexibility index (Phi) is 2.67. The summed E-state index contributed by atoms with van der Waals surface area (Å²) in [6, 6.07) is 1.65. The second kappa shape index (κ2) is 3.55. The topological polar surface area (TPSA) is 59.0 Å². The lowest BCUT2D eigenvalue weighted by Crippen LogP contribution is -2.23. The van der Waals surface area contributed by atoms with Gasteiger partial charge in [0.15, 0.2) is 0 Å². The smallest absolute Gasteiger partial charge is 0.0952 e. The van der Waals surface area contributed by atoms with Gasteiger partial charge in [0.05, 0.1) is 18.2 Å². The molecule has 3 heteroatoms. The fourth-order valence-corrected chi connectivity index (χ4v) is 1.17. The van der Waals surface area contributed by atoms with Crippen molar-refractivity contribution in [3.05, 3.63) is 0 Å². The second-order valence-electron chi connectivity index (χ2n) is 2.61. The van der Waals surface area contributed by atoms with E-state index in [0.717, 1.165) is 19.4 Å². The molecule has 3 nitrogen and oxygen atoms in total. The first kappa shape index (κ1) is 7.52. The van der Waals surface area contributed by atoms with E-state index < -0.39 is 0 Å². The quantitative estimate of drug-likeness (QED) is 0.604. The molecule has 10 heavy (non-hydrogen) atoms. The van der Waals surface area contributed by atoms with E-state index in [-0.39, 0.29) is 12.1 Å². The number of hydrogen-bond donors (Lipinski definition) is 1. The van der Waals surface area contributed by atoms with Crippen LogP contribution in [0.15, 0.2) is 0 Å². The molecule has 0 aromatic carbocycles. The van der Waals surface area contributed by atoms with E-state index in [2.05, 4.69) is 0 Å². The molecule has 0 aromatic heterocycles. The maximum Gasteiger partial charge on any atom is 0.0952 e. The number of nitrogens with two attached hydrogens (primary N) is 1. The first-order chi connectivity index (χ1) is 4.83. The summed E-state index contributed by atoms with van der Waals surface area (Å²) in [6.07, 6.45) is 3.11. The normalized spacial score (nSPS) is 27.8. The molecule has 0 saturated carbocycles. The first-order valence-corrected chi connectivity index (χ1v) is 3.59. The van der Waals surface area contributed by atoms with Gasteiger partial charge in [-0.1, -0.05) is 0 Å². The van der Waals surface area contributed by atoms with Crippen molar-refractivity contribution < 1.29 is 4.74 Å². The van der Waals surface area contributed by atoms with E-state index in [1.165, 1.54) is 0 Å². The SMILES string of the molecule is N#C[C@H](N)C[C@@H]1CCCO1. The van der Waals surface area contributed by atoms with Crippen LogP contribution in [0, 0.1) is 11.3 Å². The van der Waals surface area contributed by atoms with Gasteiger partial charge in [-0.3, -0.25) is 0 Å². The third-order valence-corrected chi connectivity index (χ3v) is 1.71. The molecule has 0 bridgehead atoms. The Morgan fingerprint density at radius 1 is 1.80 bits per heavy atom. The summed E-state index contributed by atoms with van der Waals surface area (Å²) < 4.78 is 5.29. The van der Waals surface area contributed by atoms with Crippen molar-refractivity contribution in [1.82, 2.24) is 0 Å². The van der Waals surface area contributed by atoms with Crippen LogP contribution in [-0.2, 0) is 4.74 Å². The van der Waals surface area contributed by atoms with Crippen LogP contribution in [0.5, 0.6) is 0 Å². The number of rotatable bonds is 2. The summed E-state index contributed by atoms with van der Waals surface area (Å²) in [7, 11) is 0. The van der Waals surface area contributed by atoms with Gasteiger partial charge in [0, 0.05) is 13.0 Å². The second-order valence-corrected chi connectivity index (χ2v) is 2.61. The van der Waals surface area contributed by atoms with Crippen molar-refractivity contribution in [3.63, 3.8) is 0 Å². The van der Waals surface area contributed by atoms with Crippen LogP contribution in [0.4, 0.5) is 0 Å². The van der Waals surface area contributed by atoms with Gasteiger partial charge in [0.25, 0.3) is 0 Å². The molecule has 0 unspecified atom stereocenters. The number of nitrogens with zero attached hydrogens (tertiary/aromatic N) is 1. The zero-order valence-electron chi connectivity index (χ0n) is 5.92. The maximum atomic E-state index is 8.36. The summed E-state index contributed by atoms with van der Waals surface area (Å²) in [5.74, 6) is 0. The molecule has 1 aliphatic rings. The van der Waals surface area contributed by atoms with Crippen molar-refractivity contribution >= 4 is 0 Å². The lowest BCUT2D eigenvalue weighted by molar-refractivity contribution is 0.102. The minimum absolute atomic E-state index is 0.245. The molecule has 0 aliphatic carbocycles. The molecular weight excluding hydrogens is 128 g/mol. The average molecular weight is 140 g/mol. The monoisotopic (exact) mass is 140 g/mol. The number of ether oxygens (including phenoxy) is 1. The highest BCUT2D eigenvalue weighted by Gasteiger charge is 2.17. The number of hydrogen-bond acceptors (Lipinski definition) is 3. The lowest BCUT2D eigenvalue weighted by Gasteiger charge is -2.08. The molecule has 2 N–H and O–H groups in total. The van der Waals surface area contributed by atoms with E-state index >= 15 is 0 Å². The Morgan fingerprint density at radius 2 is 2.60 bits per heavy atom. The Bertz CT molecular complexity index is 135. The summed E-state index contributed by atoms with van der Waals surface area (Å²) in [6.45, 7) is 0.836. The molecule has 2 atom stereocenters. The van der Waals surface area contributed by atoms with E-state index in [1.807, 2.05) is 6.07 Å². The van der Waals surface area contributed by atoms with Crippen LogP contribution in [-0.4, -0.2) is 18.8 Å². The molecule has 0 spiro atoms. The standard InChI is InChI=1S/C7H12N2O/c8-5-6(9)4-7-2-1-3-10-7/h6-7H,1-4,9H2/t6-,7+/m1/s1. The van der Waals surface area contributed by atoms with E-state index in [4.69, 9.17) is 15.7 Å². The average Bonchev–Trinajstić information content (AvgIpc) is 2.40. The Morgan fingerprint density at radius 3 is 3.10 bits per heavy atom. The van der Waals surface area contributed by atoms with Crippen LogP contribution >= 0.6 is 0 Å². The molecular formula is C7H12N2O. The van der Waals surface area contributed by atoms with Crippen molar-refractivity contribution in [2.45, 2.75) is 31.4 Å². The van der Waals surface area contributed by atoms with Crippen LogP contribution < -0.4 is 5.73 Å². The zero-order chi connectivity index (χ0) is 7.40. The molecule has 1 heterocycles. The summed E-state index contributed by atoms with van der Waals surface area (Å²) in [5, 5.41) is 8.36. The highest BCUT2D eigenvalue weighted by atomic mass is 16.5. The molecule has 56 valence electrons. The Labute approximate surface area is 60.8 Å². The van der Waals surface area contributed by atoms with Crippen molar-refractivity contribution in [2.75, 3.05) is 6.61 Å². The van der Waals surface area contributed by atoms with Gasteiger partial charge >= 0.3 is 0 Å². The summed E-state index contributed by atoms with van der Waals surface area (Å²) >= 11 is 0. The van der Waals surface area contributed by atoms with Gasteiger partial charge in [-0.15, -0.1) is 0 Å². The van der Waals surface area contributed by atoms with Crippen molar-refractivity contribution in [2.24, 2.45) is 5.73 Å². The van der Waals surface area contributed by atoms with E-state index in [1.54, 1.807) is 0 Å². The lowest BCUT2D eigenvalue weighted by atomic mass is 10.1. The molecule has 0 amide bonds. The van der Waals surface area contributed by atoms with Crippen LogP contribution in [0.2, 0.25) is 0 Å². The molecule has 1 rings (SSSR count). The Balaban J connectivity index is 2.19. The highest BCUT2D eigenvalue weighted by Crippen LogP contribution is 2.15. The summed E-state index contributed by atoms with van der Waals surface area (Å²) in [4.78, 5) is 0. The van der Waals surface area contributed by atoms with Gasteiger partial charge in [-0.25, -0.2) is 0 Å². The maximum absolute atomic E-state index is 8.36. The molecule has 0 radical (unpaired) electrons. The molecule has 0 aromatic rings. The predicted octanol–water partition coefficient (Wildman–Crippen LogP) is 0.406. The van der Waals surface area contributed by atoms with Gasteiger partial charge in [0.2, 0.25) is 0 Å². The highest BCUT2D eigenvalue weighted by molar-refractivity contribution is 4.89. The predicted molar refractivity (Wildman–Crippen MR) is 37.2 cm³/mol. The van der Waals surface area contributed by atoms with Crippen molar-refractivity contribution in [3.8, 4) is 6.07 Å². The van der Waals surface area contributed by atoms with E-state index in [9.17, 15) is 0 Å². The van der Waals surface area contributed by atoms with Gasteiger partial charge < -0.3 is 10.5 Å². The minimum Gasteiger partial charge on any atom is -0.378 e. The van der Waals surface area contributed by atoms with Crippen molar-refractivity contribution in [1.29, 1.82) is 5.26 Å². The van der Waals surface area contributed by atoms with Gasteiger partial charge in [-0.2, -0.15) is 5.26 Å². The Hall–Kier alpha value is -0.590. The van der Waals surface area contributed by atoms with Gasteiger partial charge in [-0.05, 0) is 12.8 Å². The summed E-state index contributed by atoms with van der Waals surface area (Å²) in [5.41, 5.74) is 5.41. The third kappa shape index (κ3) is 1.98. The third-order valence-electron chi connectivity index (χ3n) is 1.71. The van der Waals surface area contributed by atoms with Crippen LogP contribution in [0.3, 0.4) is 0 Å². The van der Waals surface area contributed by atoms with E-state index in [0.29, 0.717) is 6.42 Å². The largest absolute Gasteiger partial charge is 0.378 e. The molecule has 1 aliphatic heterocycles. The van der Waals surface area contributed by atoms with Gasteiger partial charge in [0.1, 0.15) is 0 Å². The van der Waals surface area contributed by atoms with Crippen LogP contribution in [0.25, 0.3) is 0 Å². The van der Waals surface area contributed by atoms with Crippen LogP contribution in [0.1, 0.15) is 19.3 Å². The zero-order valence-corrected chi connectivity index (χ0v) is 5.92. The molecule has 1 fully saturated rings. The molecule has 1 saturated heterocycles. The fourth-order valence-electron chi connectivity index (χ4n) is 1.17.